The number of halogens is 1. The lowest BCUT2D eigenvalue weighted by Gasteiger charge is -2.18. The van der Waals surface area contributed by atoms with E-state index in [2.05, 4.69) is 10.6 Å². The van der Waals surface area contributed by atoms with E-state index in [1.54, 1.807) is 17.9 Å². The maximum atomic E-state index is 13.9. The fraction of sp³-hybridized carbons (Fsp3) is 0.400. The molecule has 3 amide bonds. The maximum absolute atomic E-state index is 13.9. The zero-order valence-corrected chi connectivity index (χ0v) is 18.5. The molecule has 1 saturated carbocycles. The number of rotatable bonds is 5. The van der Waals surface area contributed by atoms with E-state index in [0.717, 1.165) is 5.56 Å². The number of nitrogens with zero attached hydrogens (tertiary/aromatic N) is 1. The Morgan fingerprint density at radius 3 is 2.39 bits per heavy atom. The number of hydrogen-bond acceptors (Lipinski definition) is 4. The van der Waals surface area contributed by atoms with Gasteiger partial charge in [-0.1, -0.05) is 30.3 Å². The van der Waals surface area contributed by atoms with Gasteiger partial charge in [-0.25, -0.2) is 4.39 Å². The third kappa shape index (κ3) is 3.63. The minimum Gasteiger partial charge on any atom is -0.486 e. The fourth-order valence-corrected chi connectivity index (χ4v) is 5.28. The monoisotopic (exact) mass is 451 g/mol. The van der Waals surface area contributed by atoms with E-state index in [1.807, 2.05) is 30.3 Å². The van der Waals surface area contributed by atoms with E-state index < -0.39 is 24.6 Å². The zero-order chi connectivity index (χ0) is 23.3. The molecule has 0 bridgehead atoms. The van der Waals surface area contributed by atoms with Crippen LogP contribution in [-0.4, -0.2) is 61.6 Å². The molecule has 3 aliphatic rings. The van der Waals surface area contributed by atoms with Crippen molar-refractivity contribution in [2.75, 3.05) is 26.8 Å². The smallest absolute Gasteiger partial charge is 0.254 e. The predicted octanol–water partition coefficient (Wildman–Crippen LogP) is 2.12. The lowest BCUT2D eigenvalue weighted by atomic mass is 9.86. The Morgan fingerprint density at radius 2 is 1.79 bits per heavy atom. The molecule has 8 heteroatoms. The van der Waals surface area contributed by atoms with Crippen LogP contribution in [0.15, 0.2) is 42.5 Å². The minimum absolute atomic E-state index is 0.0181. The van der Waals surface area contributed by atoms with Crippen LogP contribution >= 0.6 is 0 Å². The molecule has 7 nitrogen and oxygen atoms in total. The van der Waals surface area contributed by atoms with E-state index in [0.29, 0.717) is 30.0 Å². The highest BCUT2D eigenvalue weighted by Gasteiger charge is 2.57. The van der Waals surface area contributed by atoms with Crippen molar-refractivity contribution in [1.82, 2.24) is 15.5 Å². The molecule has 33 heavy (non-hydrogen) atoms. The van der Waals surface area contributed by atoms with E-state index in [9.17, 15) is 18.8 Å². The number of nitrogens with one attached hydrogen (secondary N) is 2. The molecule has 1 aliphatic carbocycles. The summed E-state index contributed by atoms with van der Waals surface area (Å²) in [6, 6.07) is 12.6. The van der Waals surface area contributed by atoms with Crippen molar-refractivity contribution < 1.29 is 23.5 Å². The molecule has 2 heterocycles. The third-order valence-electron chi connectivity index (χ3n) is 7.08. The largest absolute Gasteiger partial charge is 0.486 e. The van der Waals surface area contributed by atoms with E-state index in [1.165, 1.54) is 13.1 Å². The molecule has 2 N–H and O–H groups in total. The van der Waals surface area contributed by atoms with Gasteiger partial charge in [0.15, 0.2) is 0 Å². The summed E-state index contributed by atoms with van der Waals surface area (Å²) >= 11 is 0. The SMILES string of the molecule is CNC(=O)c1cc(C(=O)NC2C3CN(C(C)=O)CC32)cc2c1O[C@@H](CF)C2c1ccccc1. The van der Waals surface area contributed by atoms with Gasteiger partial charge in [-0.05, 0) is 17.7 Å². The average molecular weight is 451 g/mol. The van der Waals surface area contributed by atoms with Crippen molar-refractivity contribution in [3.05, 3.63) is 64.7 Å². The first-order chi connectivity index (χ1) is 15.9. The molecule has 0 aromatic heterocycles. The van der Waals surface area contributed by atoms with Crippen molar-refractivity contribution in [1.29, 1.82) is 0 Å². The first-order valence-corrected chi connectivity index (χ1v) is 11.2. The number of ether oxygens (including phenoxy) is 1. The van der Waals surface area contributed by atoms with Crippen molar-refractivity contribution in [2.45, 2.75) is 25.0 Å². The van der Waals surface area contributed by atoms with Crippen LogP contribution in [0.4, 0.5) is 4.39 Å². The van der Waals surface area contributed by atoms with Gasteiger partial charge >= 0.3 is 0 Å². The third-order valence-corrected chi connectivity index (χ3v) is 7.08. The molecule has 2 aromatic rings. The number of carbonyl (C=O) groups excluding carboxylic acids is 3. The Balaban J connectivity index is 1.46. The molecule has 2 aliphatic heterocycles. The van der Waals surface area contributed by atoms with Crippen LogP contribution in [0.2, 0.25) is 0 Å². The second-order valence-corrected chi connectivity index (χ2v) is 8.97. The van der Waals surface area contributed by atoms with Gasteiger partial charge in [0, 0.05) is 56.1 Å². The van der Waals surface area contributed by atoms with Gasteiger partial charge in [0.05, 0.1) is 11.5 Å². The van der Waals surface area contributed by atoms with E-state index in [4.69, 9.17) is 4.74 Å². The quantitative estimate of drug-likeness (QED) is 0.729. The summed E-state index contributed by atoms with van der Waals surface area (Å²) in [5.41, 5.74) is 2.05. The summed E-state index contributed by atoms with van der Waals surface area (Å²) in [4.78, 5) is 39.2. The number of amides is 3. The lowest BCUT2D eigenvalue weighted by molar-refractivity contribution is -0.128. The van der Waals surface area contributed by atoms with Crippen LogP contribution in [0, 0.1) is 11.8 Å². The molecular weight excluding hydrogens is 425 g/mol. The number of fused-ring (bicyclic) bond motifs is 2. The Labute approximate surface area is 191 Å². The summed E-state index contributed by atoms with van der Waals surface area (Å²) in [6.45, 7) is 2.14. The predicted molar refractivity (Wildman–Crippen MR) is 119 cm³/mol. The first-order valence-electron chi connectivity index (χ1n) is 11.2. The Morgan fingerprint density at radius 1 is 1.09 bits per heavy atom. The minimum atomic E-state index is -0.774. The number of carbonyl (C=O) groups is 3. The van der Waals surface area contributed by atoms with Crippen LogP contribution in [0.1, 0.15) is 44.7 Å². The Kier molecular flexibility index (Phi) is 5.31. The van der Waals surface area contributed by atoms with Gasteiger partial charge in [-0.15, -0.1) is 0 Å². The van der Waals surface area contributed by atoms with E-state index in [-0.39, 0.29) is 35.3 Å². The second kappa shape index (κ2) is 8.17. The number of piperidine rings is 1. The average Bonchev–Trinajstić information content (AvgIpc) is 3.18. The summed E-state index contributed by atoms with van der Waals surface area (Å²) in [7, 11) is 1.50. The highest BCUT2D eigenvalue weighted by molar-refractivity contribution is 6.02. The van der Waals surface area contributed by atoms with Crippen LogP contribution in [0.3, 0.4) is 0 Å². The highest BCUT2D eigenvalue weighted by Crippen LogP contribution is 2.47. The van der Waals surface area contributed by atoms with Gasteiger partial charge < -0.3 is 20.3 Å². The first kappa shape index (κ1) is 21.4. The number of likely N-dealkylation sites (tertiary alicyclic amines) is 1. The van der Waals surface area contributed by atoms with Crippen LogP contribution in [0.25, 0.3) is 0 Å². The van der Waals surface area contributed by atoms with Gasteiger partial charge in [-0.3, -0.25) is 14.4 Å². The Hall–Kier alpha value is -3.42. The molecule has 2 fully saturated rings. The maximum Gasteiger partial charge on any atom is 0.254 e. The number of hydrogen-bond donors (Lipinski definition) is 2. The van der Waals surface area contributed by atoms with Gasteiger partial charge in [0.25, 0.3) is 11.8 Å². The molecule has 172 valence electrons. The molecule has 0 spiro atoms. The van der Waals surface area contributed by atoms with Crippen molar-refractivity contribution in [3.63, 3.8) is 0 Å². The number of alkyl halides is 1. The second-order valence-electron chi connectivity index (χ2n) is 8.97. The molecule has 5 rings (SSSR count). The summed E-state index contributed by atoms with van der Waals surface area (Å²) < 4.78 is 19.8. The highest BCUT2D eigenvalue weighted by atomic mass is 19.1. The van der Waals surface area contributed by atoms with Crippen molar-refractivity contribution >= 4 is 17.7 Å². The van der Waals surface area contributed by atoms with Gasteiger partial charge in [-0.2, -0.15) is 0 Å². The Bertz CT molecular complexity index is 1110. The topological polar surface area (TPSA) is 87.7 Å². The normalized spacial score (nSPS) is 26.8. The van der Waals surface area contributed by atoms with Gasteiger partial charge in [0.1, 0.15) is 18.5 Å². The zero-order valence-electron chi connectivity index (χ0n) is 18.5. The molecule has 3 unspecified atom stereocenters. The van der Waals surface area contributed by atoms with Crippen LogP contribution in [-0.2, 0) is 4.79 Å². The number of benzene rings is 2. The fourth-order valence-electron chi connectivity index (χ4n) is 5.28. The van der Waals surface area contributed by atoms with Gasteiger partial charge in [0.2, 0.25) is 5.91 Å². The van der Waals surface area contributed by atoms with Crippen molar-refractivity contribution in [2.24, 2.45) is 11.8 Å². The molecule has 0 radical (unpaired) electrons. The van der Waals surface area contributed by atoms with Crippen molar-refractivity contribution in [3.8, 4) is 5.75 Å². The van der Waals surface area contributed by atoms with E-state index >= 15 is 0 Å². The molecule has 4 atom stereocenters. The molecule has 2 aromatic carbocycles. The van der Waals surface area contributed by atoms with Crippen LogP contribution < -0.4 is 15.4 Å². The standard InChI is InChI=1S/C25H26FN3O4/c1-13(30)29-11-18-19(12-29)22(18)28-24(31)15-8-16-21(14-6-4-3-5-7-14)20(10-26)33-23(16)17(9-15)25(32)27-2/h3-9,18-22H,10-12H2,1-2H3,(H,27,32)(H,28,31)/t18?,19?,20-,21?,22?/m0/s1. The van der Waals surface area contributed by atoms with Crippen LogP contribution in [0.5, 0.6) is 5.75 Å². The summed E-state index contributed by atoms with van der Waals surface area (Å²) in [6.07, 6.45) is -0.774. The summed E-state index contributed by atoms with van der Waals surface area (Å²) in [5, 5.41) is 5.65. The summed E-state index contributed by atoms with van der Waals surface area (Å²) in [5.74, 6) is -0.200. The lowest BCUT2D eigenvalue weighted by Crippen LogP contribution is -2.36. The molecular formula is C25H26FN3O4. The molecule has 1 saturated heterocycles.